The third kappa shape index (κ3) is 1.67. The number of nitrogens with one attached hydrogen (secondary N) is 1. The molecule has 0 aliphatic carbocycles. The van der Waals surface area contributed by atoms with Crippen LogP contribution in [0.4, 0.5) is 11.5 Å². The average molecular weight is 291 g/mol. The second kappa shape index (κ2) is 4.36. The van der Waals surface area contributed by atoms with E-state index in [0.29, 0.717) is 27.9 Å². The maximum atomic E-state index is 12.3. The molecule has 5 N–H and O–H groups in total. The molecule has 0 aliphatic rings. The van der Waals surface area contributed by atoms with Crippen LogP contribution in [-0.2, 0) is 0 Å². The number of nitrogen functional groups attached to an aromatic ring is 2. The summed E-state index contributed by atoms with van der Waals surface area (Å²) in [7, 11) is 0. The van der Waals surface area contributed by atoms with Crippen LogP contribution in [0.3, 0.4) is 0 Å². The summed E-state index contributed by atoms with van der Waals surface area (Å²) in [6.45, 7) is 0. The molecule has 0 atom stereocenters. The van der Waals surface area contributed by atoms with Crippen LogP contribution in [0.1, 0.15) is 0 Å². The molecule has 6 heteroatoms. The Morgan fingerprint density at radius 1 is 1.05 bits per heavy atom. The molecule has 2 aromatic carbocycles. The molecule has 2 heterocycles. The van der Waals surface area contributed by atoms with E-state index in [4.69, 9.17) is 11.5 Å². The summed E-state index contributed by atoms with van der Waals surface area (Å²) in [5.41, 5.74) is 14.3. The second-order valence-corrected chi connectivity index (χ2v) is 5.12. The molecule has 0 unspecified atom stereocenters. The van der Waals surface area contributed by atoms with Gasteiger partial charge in [0.25, 0.3) is 5.56 Å². The van der Waals surface area contributed by atoms with E-state index in [9.17, 15) is 4.79 Å². The second-order valence-electron chi connectivity index (χ2n) is 5.12. The Morgan fingerprint density at radius 2 is 1.82 bits per heavy atom. The zero-order valence-corrected chi connectivity index (χ0v) is 11.6. The SMILES string of the molecule is Nc1ccc2c(c1)[nH]c(=O)c1c(N)n(-c3ccccc3)nc12. The normalized spacial score (nSPS) is 11.3. The number of hydrogen-bond donors (Lipinski definition) is 3. The predicted molar refractivity (Wildman–Crippen MR) is 88.0 cm³/mol. The smallest absolute Gasteiger partial charge is 0.261 e. The zero-order valence-electron chi connectivity index (χ0n) is 11.6. The number of pyridine rings is 1. The lowest BCUT2D eigenvalue weighted by molar-refractivity contribution is 0.909. The molecule has 0 aliphatic heterocycles. The van der Waals surface area contributed by atoms with Gasteiger partial charge in [0.05, 0.1) is 11.2 Å². The third-order valence-electron chi connectivity index (χ3n) is 3.70. The van der Waals surface area contributed by atoms with E-state index < -0.39 is 0 Å². The number of hydrogen-bond acceptors (Lipinski definition) is 4. The third-order valence-corrected chi connectivity index (χ3v) is 3.70. The predicted octanol–water partition coefficient (Wildman–Crippen LogP) is 2.03. The van der Waals surface area contributed by atoms with Crippen molar-refractivity contribution in [1.82, 2.24) is 14.8 Å². The first-order chi connectivity index (χ1) is 10.6. The first-order valence-electron chi connectivity index (χ1n) is 6.80. The minimum Gasteiger partial charge on any atom is -0.399 e. The number of aromatic amines is 1. The highest BCUT2D eigenvalue weighted by atomic mass is 16.1. The highest BCUT2D eigenvalue weighted by molar-refractivity contribution is 6.07. The zero-order chi connectivity index (χ0) is 15.3. The quantitative estimate of drug-likeness (QED) is 0.467. The van der Waals surface area contributed by atoms with Gasteiger partial charge in [0.1, 0.15) is 16.7 Å². The van der Waals surface area contributed by atoms with Gasteiger partial charge in [0.2, 0.25) is 0 Å². The molecular formula is C16H13N5O. The molecule has 6 nitrogen and oxygen atoms in total. The van der Waals surface area contributed by atoms with E-state index in [2.05, 4.69) is 10.1 Å². The minimum absolute atomic E-state index is 0.271. The lowest BCUT2D eigenvalue weighted by atomic mass is 10.1. The number of H-pyrrole nitrogens is 1. The number of para-hydroxylation sites is 1. The van der Waals surface area contributed by atoms with Crippen LogP contribution in [-0.4, -0.2) is 14.8 Å². The Bertz CT molecular complexity index is 1060. The van der Waals surface area contributed by atoms with Crippen molar-refractivity contribution in [2.75, 3.05) is 11.5 Å². The summed E-state index contributed by atoms with van der Waals surface area (Å²) >= 11 is 0. The summed E-state index contributed by atoms with van der Waals surface area (Å²) in [5, 5.41) is 5.73. The molecule has 4 aromatic rings. The van der Waals surface area contributed by atoms with Crippen molar-refractivity contribution < 1.29 is 0 Å². The Balaban J connectivity index is 2.16. The van der Waals surface area contributed by atoms with Gasteiger partial charge in [-0.3, -0.25) is 4.79 Å². The molecule has 108 valence electrons. The van der Waals surface area contributed by atoms with E-state index in [1.807, 2.05) is 36.4 Å². The molecule has 0 amide bonds. The van der Waals surface area contributed by atoms with Crippen LogP contribution < -0.4 is 17.0 Å². The molecule has 22 heavy (non-hydrogen) atoms. The highest BCUT2D eigenvalue weighted by Crippen LogP contribution is 2.27. The van der Waals surface area contributed by atoms with Crippen LogP contribution >= 0.6 is 0 Å². The summed E-state index contributed by atoms with van der Waals surface area (Å²) < 4.78 is 1.58. The Morgan fingerprint density at radius 3 is 2.59 bits per heavy atom. The van der Waals surface area contributed by atoms with Crippen molar-refractivity contribution in [1.29, 1.82) is 0 Å². The maximum Gasteiger partial charge on any atom is 0.261 e. The number of rotatable bonds is 1. The molecule has 0 saturated heterocycles. The van der Waals surface area contributed by atoms with Gasteiger partial charge in [-0.2, -0.15) is 5.10 Å². The molecule has 0 radical (unpaired) electrons. The fraction of sp³-hybridized carbons (Fsp3) is 0. The number of benzene rings is 2. The fourth-order valence-electron chi connectivity index (χ4n) is 2.67. The number of fused-ring (bicyclic) bond motifs is 3. The molecule has 0 spiro atoms. The summed E-state index contributed by atoms with van der Waals surface area (Å²) in [6.07, 6.45) is 0. The van der Waals surface area contributed by atoms with Crippen molar-refractivity contribution >= 4 is 33.3 Å². The molecule has 2 aromatic heterocycles. The van der Waals surface area contributed by atoms with E-state index in [0.717, 1.165) is 11.1 Å². The molecule has 0 bridgehead atoms. The summed E-state index contributed by atoms with van der Waals surface area (Å²) in [5.74, 6) is 0.321. The van der Waals surface area contributed by atoms with Crippen LogP contribution in [0.15, 0.2) is 53.3 Å². The number of anilines is 2. The van der Waals surface area contributed by atoms with Crippen molar-refractivity contribution in [3.05, 3.63) is 58.9 Å². The van der Waals surface area contributed by atoms with Gasteiger partial charge in [-0.05, 0) is 30.3 Å². The fourth-order valence-corrected chi connectivity index (χ4v) is 2.67. The van der Waals surface area contributed by atoms with Crippen molar-refractivity contribution in [3.8, 4) is 5.69 Å². The van der Waals surface area contributed by atoms with Gasteiger partial charge in [0, 0.05) is 11.1 Å². The number of nitrogens with two attached hydrogens (primary N) is 2. The van der Waals surface area contributed by atoms with Crippen molar-refractivity contribution in [2.45, 2.75) is 0 Å². The molecule has 0 saturated carbocycles. The van der Waals surface area contributed by atoms with Gasteiger partial charge < -0.3 is 16.5 Å². The van der Waals surface area contributed by atoms with E-state index in [1.54, 1.807) is 16.8 Å². The minimum atomic E-state index is -0.271. The van der Waals surface area contributed by atoms with Gasteiger partial charge >= 0.3 is 0 Å². The summed E-state index contributed by atoms with van der Waals surface area (Å²) in [6, 6.07) is 14.8. The Kier molecular flexibility index (Phi) is 2.47. The maximum absolute atomic E-state index is 12.3. The van der Waals surface area contributed by atoms with E-state index >= 15 is 0 Å². The van der Waals surface area contributed by atoms with Gasteiger partial charge in [-0.1, -0.05) is 18.2 Å². The largest absolute Gasteiger partial charge is 0.399 e. The molecule has 4 rings (SSSR count). The van der Waals surface area contributed by atoms with Crippen LogP contribution in [0.2, 0.25) is 0 Å². The van der Waals surface area contributed by atoms with E-state index in [-0.39, 0.29) is 5.56 Å². The monoisotopic (exact) mass is 291 g/mol. The van der Waals surface area contributed by atoms with Crippen LogP contribution in [0, 0.1) is 0 Å². The Hall–Kier alpha value is -3.28. The molecular weight excluding hydrogens is 278 g/mol. The first kappa shape index (κ1) is 12.5. The van der Waals surface area contributed by atoms with Gasteiger partial charge in [0.15, 0.2) is 0 Å². The summed E-state index contributed by atoms with van der Waals surface area (Å²) in [4.78, 5) is 15.2. The lowest BCUT2D eigenvalue weighted by Crippen LogP contribution is -2.08. The van der Waals surface area contributed by atoms with Crippen molar-refractivity contribution in [2.24, 2.45) is 0 Å². The average Bonchev–Trinajstić information content (AvgIpc) is 2.86. The van der Waals surface area contributed by atoms with Gasteiger partial charge in [-0.25, -0.2) is 4.68 Å². The van der Waals surface area contributed by atoms with E-state index in [1.165, 1.54) is 0 Å². The van der Waals surface area contributed by atoms with Crippen LogP contribution in [0.5, 0.6) is 0 Å². The van der Waals surface area contributed by atoms with Crippen molar-refractivity contribution in [3.63, 3.8) is 0 Å². The highest BCUT2D eigenvalue weighted by Gasteiger charge is 2.16. The number of nitrogens with zero attached hydrogens (tertiary/aromatic N) is 2. The Labute approximate surface area is 125 Å². The first-order valence-corrected chi connectivity index (χ1v) is 6.80. The van der Waals surface area contributed by atoms with Gasteiger partial charge in [-0.15, -0.1) is 0 Å². The number of aromatic nitrogens is 3. The molecule has 0 fully saturated rings. The standard InChI is InChI=1S/C16H13N5O/c17-9-6-7-11-12(8-9)19-16(22)13-14(11)20-21(15(13)18)10-4-2-1-3-5-10/h1-8H,17-18H2,(H,19,22). The topological polar surface area (TPSA) is 103 Å². The lowest BCUT2D eigenvalue weighted by Gasteiger charge is -2.02. The van der Waals surface area contributed by atoms with Crippen LogP contribution in [0.25, 0.3) is 27.5 Å².